The number of carbonyl (C=O) groups excluding carboxylic acids is 3. The zero-order valence-corrected chi connectivity index (χ0v) is 12.4. The lowest BCUT2D eigenvalue weighted by molar-refractivity contribution is -0.148. The lowest BCUT2D eigenvalue weighted by Gasteiger charge is -2.39. The molecule has 0 saturated carbocycles. The molecule has 0 bridgehead atoms. The molecule has 2 N–H and O–H groups in total. The fourth-order valence-electron chi connectivity index (χ4n) is 2.36. The van der Waals surface area contributed by atoms with Crippen molar-refractivity contribution in [2.75, 3.05) is 26.2 Å². The van der Waals surface area contributed by atoms with Gasteiger partial charge >= 0.3 is 0 Å². The average Bonchev–Trinajstić information content (AvgIpc) is 2.52. The van der Waals surface area contributed by atoms with E-state index in [4.69, 9.17) is 10.5 Å². The minimum atomic E-state index is -0.815. The highest BCUT2D eigenvalue weighted by molar-refractivity contribution is 5.88. The van der Waals surface area contributed by atoms with Crippen LogP contribution in [0.2, 0.25) is 0 Å². The molecule has 1 saturated heterocycles. The number of benzene rings is 1. The highest BCUT2D eigenvalue weighted by Crippen LogP contribution is 2.12. The quantitative estimate of drug-likeness (QED) is 0.820. The minimum absolute atomic E-state index is 0.127. The van der Waals surface area contributed by atoms with Gasteiger partial charge in [0.15, 0.2) is 6.61 Å². The maximum atomic E-state index is 12.3. The first-order valence-corrected chi connectivity index (χ1v) is 7.01. The number of amides is 3. The van der Waals surface area contributed by atoms with E-state index in [1.54, 1.807) is 24.3 Å². The molecule has 0 aliphatic carbocycles. The van der Waals surface area contributed by atoms with Crippen molar-refractivity contribution in [1.29, 1.82) is 0 Å². The third-order valence-electron chi connectivity index (χ3n) is 3.58. The second-order valence-electron chi connectivity index (χ2n) is 5.07. The van der Waals surface area contributed by atoms with Crippen molar-refractivity contribution >= 4 is 17.7 Å². The summed E-state index contributed by atoms with van der Waals surface area (Å²) < 4.78 is 5.40. The van der Waals surface area contributed by atoms with Gasteiger partial charge in [0.05, 0.1) is 6.54 Å². The Morgan fingerprint density at radius 2 is 1.91 bits per heavy atom. The molecule has 1 heterocycles. The van der Waals surface area contributed by atoms with E-state index in [1.807, 2.05) is 6.07 Å². The summed E-state index contributed by atoms with van der Waals surface area (Å²) in [6, 6.07) is 8.12. The Morgan fingerprint density at radius 1 is 1.23 bits per heavy atom. The Kier molecular flexibility index (Phi) is 4.98. The molecule has 1 aliphatic rings. The van der Waals surface area contributed by atoms with Gasteiger partial charge in [-0.15, -0.1) is 0 Å². The van der Waals surface area contributed by atoms with E-state index in [0.29, 0.717) is 12.3 Å². The number of carbonyl (C=O) groups is 3. The third kappa shape index (κ3) is 3.75. The molecule has 7 heteroatoms. The first-order chi connectivity index (χ1) is 10.5. The van der Waals surface area contributed by atoms with Crippen molar-refractivity contribution in [3.05, 3.63) is 30.3 Å². The first-order valence-electron chi connectivity index (χ1n) is 7.01. The summed E-state index contributed by atoms with van der Waals surface area (Å²) in [7, 11) is 0. The molecule has 1 aliphatic heterocycles. The fourth-order valence-corrected chi connectivity index (χ4v) is 2.36. The van der Waals surface area contributed by atoms with E-state index in [-0.39, 0.29) is 31.5 Å². The Bertz CT molecular complexity index is 561. The van der Waals surface area contributed by atoms with Crippen molar-refractivity contribution in [3.63, 3.8) is 0 Å². The van der Waals surface area contributed by atoms with E-state index in [9.17, 15) is 14.4 Å². The smallest absolute Gasteiger partial charge is 0.261 e. The van der Waals surface area contributed by atoms with Crippen molar-refractivity contribution in [2.24, 2.45) is 5.73 Å². The van der Waals surface area contributed by atoms with Gasteiger partial charge in [-0.1, -0.05) is 18.2 Å². The van der Waals surface area contributed by atoms with Crippen LogP contribution in [0.1, 0.15) is 6.92 Å². The SMILES string of the molecule is CC(=O)N1CCN(C(=O)COc2ccccc2)[C@H](C(N)=O)C1. The van der Waals surface area contributed by atoms with Crippen LogP contribution in [0.25, 0.3) is 0 Å². The van der Waals surface area contributed by atoms with Crippen LogP contribution in [-0.2, 0) is 14.4 Å². The first kappa shape index (κ1) is 15.8. The Morgan fingerprint density at radius 3 is 2.50 bits per heavy atom. The molecule has 3 amide bonds. The maximum absolute atomic E-state index is 12.3. The average molecular weight is 305 g/mol. The van der Waals surface area contributed by atoms with Gasteiger partial charge in [0.1, 0.15) is 11.8 Å². The molecule has 0 unspecified atom stereocenters. The number of nitrogens with zero attached hydrogens (tertiary/aromatic N) is 2. The number of hydrogen-bond acceptors (Lipinski definition) is 4. The normalized spacial score (nSPS) is 18.0. The zero-order chi connectivity index (χ0) is 16.1. The Labute approximate surface area is 128 Å². The molecular weight excluding hydrogens is 286 g/mol. The summed E-state index contributed by atoms with van der Waals surface area (Å²) in [6.07, 6.45) is 0. The second-order valence-corrected chi connectivity index (χ2v) is 5.07. The lowest BCUT2D eigenvalue weighted by atomic mass is 10.1. The van der Waals surface area contributed by atoms with Crippen LogP contribution in [0.3, 0.4) is 0 Å². The van der Waals surface area contributed by atoms with Crippen LogP contribution in [-0.4, -0.2) is 59.8 Å². The molecule has 118 valence electrons. The van der Waals surface area contributed by atoms with Gasteiger partial charge in [0.2, 0.25) is 11.8 Å². The summed E-state index contributed by atoms with van der Waals surface area (Å²) in [5, 5.41) is 0. The monoisotopic (exact) mass is 305 g/mol. The third-order valence-corrected chi connectivity index (χ3v) is 3.58. The van der Waals surface area contributed by atoms with Crippen molar-refractivity contribution < 1.29 is 19.1 Å². The van der Waals surface area contributed by atoms with E-state index in [2.05, 4.69) is 0 Å². The molecule has 1 aromatic rings. The van der Waals surface area contributed by atoms with E-state index in [0.717, 1.165) is 0 Å². The van der Waals surface area contributed by atoms with Crippen molar-refractivity contribution in [2.45, 2.75) is 13.0 Å². The molecule has 2 rings (SSSR count). The van der Waals surface area contributed by atoms with Gasteiger partial charge in [-0.2, -0.15) is 0 Å². The molecular formula is C15H19N3O4. The topological polar surface area (TPSA) is 92.9 Å². The predicted molar refractivity (Wildman–Crippen MR) is 78.9 cm³/mol. The van der Waals surface area contributed by atoms with Gasteiger partial charge < -0.3 is 20.3 Å². The second kappa shape index (κ2) is 6.93. The van der Waals surface area contributed by atoms with Crippen LogP contribution in [0.4, 0.5) is 0 Å². The van der Waals surface area contributed by atoms with E-state index >= 15 is 0 Å². The molecule has 7 nitrogen and oxygen atoms in total. The number of nitrogens with two attached hydrogens (primary N) is 1. The van der Waals surface area contributed by atoms with Gasteiger partial charge in [-0.3, -0.25) is 14.4 Å². The van der Waals surface area contributed by atoms with Crippen molar-refractivity contribution in [3.8, 4) is 5.75 Å². The van der Waals surface area contributed by atoms with Gasteiger partial charge in [-0.05, 0) is 12.1 Å². The fraction of sp³-hybridized carbons (Fsp3) is 0.400. The zero-order valence-electron chi connectivity index (χ0n) is 12.4. The van der Waals surface area contributed by atoms with Crippen LogP contribution in [0.15, 0.2) is 30.3 Å². The molecule has 1 fully saturated rings. The molecule has 22 heavy (non-hydrogen) atoms. The number of piperazine rings is 1. The summed E-state index contributed by atoms with van der Waals surface area (Å²) in [6.45, 7) is 2.03. The number of rotatable bonds is 4. The van der Waals surface area contributed by atoms with E-state index in [1.165, 1.54) is 16.7 Å². The van der Waals surface area contributed by atoms with Gasteiger partial charge in [0.25, 0.3) is 5.91 Å². The molecule has 0 spiro atoms. The molecule has 0 aromatic heterocycles. The Balaban J connectivity index is 1.98. The minimum Gasteiger partial charge on any atom is -0.484 e. The number of ether oxygens (including phenoxy) is 1. The number of hydrogen-bond donors (Lipinski definition) is 1. The molecule has 1 aromatic carbocycles. The summed E-state index contributed by atoms with van der Waals surface area (Å²) in [5.41, 5.74) is 5.35. The molecule has 1 atom stereocenters. The van der Waals surface area contributed by atoms with Crippen LogP contribution in [0, 0.1) is 0 Å². The highest BCUT2D eigenvalue weighted by Gasteiger charge is 2.35. The summed E-state index contributed by atoms with van der Waals surface area (Å²) in [4.78, 5) is 38.1. The van der Waals surface area contributed by atoms with Crippen molar-refractivity contribution in [1.82, 2.24) is 9.80 Å². The van der Waals surface area contributed by atoms with Gasteiger partial charge in [0, 0.05) is 20.0 Å². The summed E-state index contributed by atoms with van der Waals surface area (Å²) in [5.74, 6) is -0.511. The van der Waals surface area contributed by atoms with Gasteiger partial charge in [-0.25, -0.2) is 0 Å². The highest BCUT2D eigenvalue weighted by atomic mass is 16.5. The van der Waals surface area contributed by atoms with Crippen LogP contribution >= 0.6 is 0 Å². The van der Waals surface area contributed by atoms with Crippen LogP contribution in [0.5, 0.6) is 5.75 Å². The predicted octanol–water partition coefficient (Wildman–Crippen LogP) is -0.390. The van der Waals surface area contributed by atoms with E-state index < -0.39 is 11.9 Å². The lowest BCUT2D eigenvalue weighted by Crippen LogP contribution is -2.61. The van der Waals surface area contributed by atoms with Crippen LogP contribution < -0.4 is 10.5 Å². The number of para-hydroxylation sites is 1. The summed E-state index contributed by atoms with van der Waals surface area (Å²) >= 11 is 0. The standard InChI is InChI=1S/C15H19N3O4/c1-11(19)17-7-8-18(13(9-17)15(16)21)14(20)10-22-12-5-3-2-4-6-12/h2-6,13H,7-10H2,1H3,(H2,16,21)/t13-/m0/s1. The number of primary amides is 1. The largest absolute Gasteiger partial charge is 0.484 e. The maximum Gasteiger partial charge on any atom is 0.261 e. The molecule has 0 radical (unpaired) electrons. The Hall–Kier alpha value is -2.57.